The fourth-order valence-corrected chi connectivity index (χ4v) is 3.34. The largest absolute Gasteiger partial charge is 0.477 e. The predicted octanol–water partition coefficient (Wildman–Crippen LogP) is 4.68. The normalized spacial score (nSPS) is 18.8. The molecule has 1 heterocycles. The van der Waals surface area contributed by atoms with E-state index in [0.29, 0.717) is 5.92 Å². The molecule has 0 spiro atoms. The van der Waals surface area contributed by atoms with Crippen molar-refractivity contribution >= 4 is 5.91 Å². The number of benzene rings is 1. The molecule has 0 radical (unpaired) electrons. The first-order valence-electron chi connectivity index (χ1n) is 9.29. The average molecular weight is 332 g/mol. The van der Waals surface area contributed by atoms with Gasteiger partial charge in [0.1, 0.15) is 5.75 Å². The molecule has 1 aromatic carbocycles. The zero-order valence-electron chi connectivity index (χ0n) is 16.1. The maximum atomic E-state index is 13.2. The molecular formula is C21H33NO2. The van der Waals surface area contributed by atoms with Crippen LogP contribution in [0.3, 0.4) is 0 Å². The molecule has 0 aromatic heterocycles. The predicted molar refractivity (Wildman–Crippen MR) is 99.2 cm³/mol. The van der Waals surface area contributed by atoms with Gasteiger partial charge < -0.3 is 9.64 Å². The van der Waals surface area contributed by atoms with Gasteiger partial charge in [0.15, 0.2) is 5.60 Å². The smallest absolute Gasteiger partial charge is 0.266 e. The average Bonchev–Trinajstić information content (AvgIpc) is 2.56. The van der Waals surface area contributed by atoms with E-state index in [4.69, 9.17) is 4.74 Å². The highest BCUT2D eigenvalue weighted by atomic mass is 16.5. The molecule has 1 aliphatic rings. The van der Waals surface area contributed by atoms with Crippen LogP contribution in [0.4, 0.5) is 0 Å². The van der Waals surface area contributed by atoms with Crippen molar-refractivity contribution in [1.29, 1.82) is 0 Å². The van der Waals surface area contributed by atoms with Crippen molar-refractivity contribution in [1.82, 2.24) is 4.90 Å². The van der Waals surface area contributed by atoms with Gasteiger partial charge >= 0.3 is 0 Å². The van der Waals surface area contributed by atoms with Gasteiger partial charge in [0.25, 0.3) is 5.91 Å². The number of carbonyl (C=O) groups is 1. The van der Waals surface area contributed by atoms with Crippen LogP contribution in [-0.2, 0) is 4.79 Å². The summed E-state index contributed by atoms with van der Waals surface area (Å²) in [7, 11) is 0. The maximum absolute atomic E-state index is 13.2. The Kier molecular flexibility index (Phi) is 5.95. The molecule has 3 heteroatoms. The van der Waals surface area contributed by atoms with E-state index >= 15 is 0 Å². The highest BCUT2D eigenvalue weighted by Gasteiger charge is 2.43. The van der Waals surface area contributed by atoms with Crippen LogP contribution < -0.4 is 4.74 Å². The summed E-state index contributed by atoms with van der Waals surface area (Å²) in [6.45, 7) is 14.4. The van der Waals surface area contributed by atoms with Crippen molar-refractivity contribution in [2.45, 2.75) is 60.0 Å². The number of likely N-dealkylation sites (tertiary alicyclic amines) is 1. The third-order valence-electron chi connectivity index (χ3n) is 5.65. The van der Waals surface area contributed by atoms with Crippen molar-refractivity contribution in [3.8, 4) is 5.75 Å². The van der Waals surface area contributed by atoms with Gasteiger partial charge in [-0.3, -0.25) is 4.79 Å². The molecule has 1 atom stereocenters. The van der Waals surface area contributed by atoms with Gasteiger partial charge in [-0.25, -0.2) is 0 Å². The van der Waals surface area contributed by atoms with Gasteiger partial charge in [-0.05, 0) is 50.7 Å². The lowest BCUT2D eigenvalue weighted by Gasteiger charge is -2.41. The Morgan fingerprint density at radius 2 is 1.67 bits per heavy atom. The first-order valence-corrected chi connectivity index (χ1v) is 9.29. The number of rotatable bonds is 5. The first kappa shape index (κ1) is 18.8. The van der Waals surface area contributed by atoms with Crippen LogP contribution in [0, 0.1) is 24.7 Å². The molecule has 1 aromatic rings. The number of piperidine rings is 1. The molecule has 3 nitrogen and oxygen atoms in total. The highest BCUT2D eigenvalue weighted by Crippen LogP contribution is 2.31. The van der Waals surface area contributed by atoms with Gasteiger partial charge in [-0.2, -0.15) is 0 Å². The quantitative estimate of drug-likeness (QED) is 0.784. The summed E-state index contributed by atoms with van der Waals surface area (Å²) in [6.07, 6.45) is 2.20. The summed E-state index contributed by atoms with van der Waals surface area (Å²) >= 11 is 0. The van der Waals surface area contributed by atoms with E-state index in [-0.39, 0.29) is 11.8 Å². The summed E-state index contributed by atoms with van der Waals surface area (Å²) < 4.78 is 6.22. The van der Waals surface area contributed by atoms with Gasteiger partial charge in [0, 0.05) is 19.0 Å². The summed E-state index contributed by atoms with van der Waals surface area (Å²) in [5.41, 5.74) is 0.371. The van der Waals surface area contributed by atoms with Crippen LogP contribution in [-0.4, -0.2) is 29.5 Å². The molecule has 2 rings (SSSR count). The number of carbonyl (C=O) groups excluding carboxylic acids is 1. The van der Waals surface area contributed by atoms with Crippen LogP contribution in [0.5, 0.6) is 5.75 Å². The molecule has 24 heavy (non-hydrogen) atoms. The van der Waals surface area contributed by atoms with Crippen molar-refractivity contribution in [3.63, 3.8) is 0 Å². The number of ether oxygens (including phenoxy) is 1. The Morgan fingerprint density at radius 3 is 2.12 bits per heavy atom. The van der Waals surface area contributed by atoms with Crippen LogP contribution in [0.15, 0.2) is 24.3 Å². The molecule has 1 saturated heterocycles. The summed E-state index contributed by atoms with van der Waals surface area (Å²) in [5.74, 6) is 2.43. The Balaban J connectivity index is 2.11. The van der Waals surface area contributed by atoms with Gasteiger partial charge in [-0.15, -0.1) is 0 Å². The zero-order chi connectivity index (χ0) is 17.9. The molecular weight excluding hydrogens is 298 g/mol. The monoisotopic (exact) mass is 331 g/mol. The fraction of sp³-hybridized carbons (Fsp3) is 0.667. The second-order valence-electron chi connectivity index (χ2n) is 8.05. The van der Waals surface area contributed by atoms with Crippen LogP contribution in [0.2, 0.25) is 0 Å². The van der Waals surface area contributed by atoms with Gasteiger partial charge in [-0.1, -0.05) is 45.4 Å². The van der Waals surface area contributed by atoms with Gasteiger partial charge in [0.2, 0.25) is 0 Å². The second kappa shape index (κ2) is 7.58. The van der Waals surface area contributed by atoms with E-state index in [0.717, 1.165) is 37.6 Å². The Morgan fingerprint density at radius 1 is 1.12 bits per heavy atom. The molecule has 0 aliphatic carbocycles. The van der Waals surface area contributed by atoms with E-state index in [2.05, 4.69) is 34.6 Å². The molecule has 1 unspecified atom stereocenters. The molecule has 1 fully saturated rings. The van der Waals surface area contributed by atoms with Gasteiger partial charge in [0.05, 0.1) is 0 Å². The van der Waals surface area contributed by atoms with Crippen LogP contribution in [0.1, 0.15) is 53.0 Å². The Bertz CT molecular complexity index is 541. The lowest BCUT2D eigenvalue weighted by molar-refractivity contribution is -0.152. The Labute approximate surface area is 147 Å². The topological polar surface area (TPSA) is 29.5 Å². The minimum Gasteiger partial charge on any atom is -0.477 e. The van der Waals surface area contributed by atoms with E-state index in [1.165, 1.54) is 5.56 Å². The number of hydrogen-bond acceptors (Lipinski definition) is 2. The minimum atomic E-state index is -0.820. The van der Waals surface area contributed by atoms with Crippen molar-refractivity contribution < 1.29 is 9.53 Å². The number of aryl methyl sites for hydroxylation is 1. The SMILES string of the molecule is Cc1ccc(OC(C)(C(=O)N2CCC(C(C)C)CC2)C(C)C)cc1. The Hall–Kier alpha value is -1.51. The van der Waals surface area contributed by atoms with E-state index in [9.17, 15) is 4.79 Å². The number of hydrogen-bond donors (Lipinski definition) is 0. The van der Waals surface area contributed by atoms with Crippen molar-refractivity contribution in [2.24, 2.45) is 17.8 Å². The molecule has 0 saturated carbocycles. The lowest BCUT2D eigenvalue weighted by Crippen LogP contribution is -2.56. The maximum Gasteiger partial charge on any atom is 0.266 e. The fourth-order valence-electron chi connectivity index (χ4n) is 3.34. The highest BCUT2D eigenvalue weighted by molar-refractivity contribution is 5.85. The van der Waals surface area contributed by atoms with E-state index in [1.807, 2.05) is 36.1 Å². The standard InChI is InChI=1S/C21H33NO2/c1-15(2)18-11-13-22(14-12-18)20(23)21(6,16(3)4)24-19-9-7-17(5)8-10-19/h7-10,15-16,18H,11-14H2,1-6H3. The molecule has 0 bridgehead atoms. The number of amides is 1. The summed E-state index contributed by atoms with van der Waals surface area (Å²) in [4.78, 5) is 15.2. The molecule has 134 valence electrons. The summed E-state index contributed by atoms with van der Waals surface area (Å²) in [6, 6.07) is 7.95. The van der Waals surface area contributed by atoms with Crippen molar-refractivity contribution in [2.75, 3.05) is 13.1 Å². The molecule has 0 N–H and O–H groups in total. The minimum absolute atomic E-state index is 0.106. The molecule has 1 amide bonds. The van der Waals surface area contributed by atoms with Crippen LogP contribution >= 0.6 is 0 Å². The summed E-state index contributed by atoms with van der Waals surface area (Å²) in [5, 5.41) is 0. The van der Waals surface area contributed by atoms with E-state index in [1.54, 1.807) is 0 Å². The second-order valence-corrected chi connectivity index (χ2v) is 8.05. The zero-order valence-corrected chi connectivity index (χ0v) is 16.1. The first-order chi connectivity index (χ1) is 11.2. The molecule has 1 aliphatic heterocycles. The van der Waals surface area contributed by atoms with Crippen LogP contribution in [0.25, 0.3) is 0 Å². The third-order valence-corrected chi connectivity index (χ3v) is 5.65. The number of nitrogens with zero attached hydrogens (tertiary/aromatic N) is 1. The van der Waals surface area contributed by atoms with Crippen molar-refractivity contribution in [3.05, 3.63) is 29.8 Å². The van der Waals surface area contributed by atoms with E-state index < -0.39 is 5.60 Å². The lowest BCUT2D eigenvalue weighted by atomic mass is 9.85. The third kappa shape index (κ3) is 4.12.